The fourth-order valence-electron chi connectivity index (χ4n) is 1.96. The highest BCUT2D eigenvalue weighted by Gasteiger charge is 2.19. The topological polar surface area (TPSA) is 83.0 Å². The van der Waals surface area contributed by atoms with Gasteiger partial charge in [0.05, 0.1) is 5.69 Å². The minimum Gasteiger partial charge on any atom is -0.452 e. The van der Waals surface area contributed by atoms with Crippen LogP contribution in [-0.2, 0) is 17.9 Å². The van der Waals surface area contributed by atoms with Crippen molar-refractivity contribution < 1.29 is 13.9 Å². The average molecular weight is 278 g/mol. The summed E-state index contributed by atoms with van der Waals surface area (Å²) in [4.78, 5) is 16.0. The maximum Gasteiger partial charge on any atom is 0.376 e. The number of rotatable bonds is 5. The standard InChI is InChI=1S/C13H18N4O3/c1-5-6-17-9(3)15-16-11(17)7-19-13(18)12-8(2)14-10(4)20-12/h5-7H2,1-4H3. The van der Waals surface area contributed by atoms with Crippen LogP contribution in [0.3, 0.4) is 0 Å². The molecule has 0 aliphatic rings. The first-order chi connectivity index (χ1) is 9.52. The summed E-state index contributed by atoms with van der Waals surface area (Å²) in [7, 11) is 0. The Bertz CT molecular complexity index is 615. The molecule has 0 aromatic carbocycles. The minimum absolute atomic E-state index is 0.0683. The third-order valence-corrected chi connectivity index (χ3v) is 2.88. The van der Waals surface area contributed by atoms with Crippen molar-refractivity contribution in [2.45, 2.75) is 47.3 Å². The molecule has 2 aromatic rings. The second-order valence-corrected chi connectivity index (χ2v) is 4.54. The summed E-state index contributed by atoms with van der Waals surface area (Å²) >= 11 is 0. The van der Waals surface area contributed by atoms with Crippen LogP contribution in [0.15, 0.2) is 4.42 Å². The number of oxazole rings is 1. The molecule has 0 bridgehead atoms. The molecule has 108 valence electrons. The molecule has 0 aliphatic heterocycles. The molecular weight excluding hydrogens is 260 g/mol. The van der Waals surface area contributed by atoms with Crippen molar-refractivity contribution in [2.75, 3.05) is 0 Å². The van der Waals surface area contributed by atoms with Gasteiger partial charge in [-0.3, -0.25) is 0 Å². The highest BCUT2D eigenvalue weighted by molar-refractivity contribution is 5.87. The summed E-state index contributed by atoms with van der Waals surface area (Å²) in [5.41, 5.74) is 0.527. The number of esters is 1. The molecule has 0 radical (unpaired) electrons. The Labute approximate surface area is 117 Å². The van der Waals surface area contributed by atoms with Crippen LogP contribution in [0.25, 0.3) is 0 Å². The lowest BCUT2D eigenvalue weighted by molar-refractivity contribution is 0.0418. The number of aromatic nitrogens is 4. The number of ether oxygens (including phenoxy) is 1. The molecule has 0 saturated carbocycles. The summed E-state index contributed by atoms with van der Waals surface area (Å²) in [5, 5.41) is 8.01. The predicted molar refractivity (Wildman–Crippen MR) is 70.1 cm³/mol. The second kappa shape index (κ2) is 5.85. The van der Waals surface area contributed by atoms with Crippen LogP contribution in [0.2, 0.25) is 0 Å². The van der Waals surface area contributed by atoms with E-state index in [0.29, 0.717) is 17.4 Å². The maximum atomic E-state index is 11.9. The minimum atomic E-state index is -0.535. The Morgan fingerprint density at radius 3 is 2.65 bits per heavy atom. The molecule has 2 heterocycles. The zero-order chi connectivity index (χ0) is 14.7. The van der Waals surface area contributed by atoms with Crippen LogP contribution in [0.5, 0.6) is 0 Å². The van der Waals surface area contributed by atoms with E-state index in [1.54, 1.807) is 13.8 Å². The van der Waals surface area contributed by atoms with Crippen molar-refractivity contribution in [1.29, 1.82) is 0 Å². The van der Waals surface area contributed by atoms with E-state index in [1.807, 2.05) is 11.5 Å². The van der Waals surface area contributed by atoms with Gasteiger partial charge >= 0.3 is 5.97 Å². The largest absolute Gasteiger partial charge is 0.452 e. The van der Waals surface area contributed by atoms with Gasteiger partial charge in [0.1, 0.15) is 5.82 Å². The average Bonchev–Trinajstić information content (AvgIpc) is 2.91. The lowest BCUT2D eigenvalue weighted by Crippen LogP contribution is -2.11. The number of carbonyl (C=O) groups excluding carboxylic acids is 1. The molecule has 0 spiro atoms. The molecular formula is C13H18N4O3. The van der Waals surface area contributed by atoms with E-state index >= 15 is 0 Å². The van der Waals surface area contributed by atoms with Crippen molar-refractivity contribution >= 4 is 5.97 Å². The van der Waals surface area contributed by atoms with Gasteiger partial charge in [-0.05, 0) is 20.3 Å². The molecule has 0 amide bonds. The molecule has 0 aliphatic carbocycles. The molecule has 20 heavy (non-hydrogen) atoms. The predicted octanol–water partition coefficient (Wildman–Crippen LogP) is 1.96. The van der Waals surface area contributed by atoms with Gasteiger partial charge in [-0.25, -0.2) is 9.78 Å². The van der Waals surface area contributed by atoms with Gasteiger partial charge in [-0.2, -0.15) is 0 Å². The van der Waals surface area contributed by atoms with Gasteiger partial charge in [0, 0.05) is 13.5 Å². The molecule has 0 saturated heterocycles. The van der Waals surface area contributed by atoms with Gasteiger partial charge in [0.25, 0.3) is 0 Å². The summed E-state index contributed by atoms with van der Waals surface area (Å²) in [5.74, 6) is 1.49. The first-order valence-corrected chi connectivity index (χ1v) is 6.52. The van der Waals surface area contributed by atoms with Crippen LogP contribution >= 0.6 is 0 Å². The maximum absolute atomic E-state index is 11.9. The quantitative estimate of drug-likeness (QED) is 0.777. The van der Waals surface area contributed by atoms with Gasteiger partial charge in [0.2, 0.25) is 5.76 Å². The third-order valence-electron chi connectivity index (χ3n) is 2.88. The second-order valence-electron chi connectivity index (χ2n) is 4.54. The smallest absolute Gasteiger partial charge is 0.376 e. The van der Waals surface area contributed by atoms with Gasteiger partial charge in [-0.1, -0.05) is 6.92 Å². The summed E-state index contributed by atoms with van der Waals surface area (Å²) in [6.07, 6.45) is 0.959. The van der Waals surface area contributed by atoms with Crippen molar-refractivity contribution in [1.82, 2.24) is 19.7 Å². The first-order valence-electron chi connectivity index (χ1n) is 6.52. The van der Waals surface area contributed by atoms with Gasteiger partial charge in [0.15, 0.2) is 18.3 Å². The van der Waals surface area contributed by atoms with E-state index < -0.39 is 5.97 Å². The Morgan fingerprint density at radius 1 is 1.30 bits per heavy atom. The van der Waals surface area contributed by atoms with Gasteiger partial charge in [-0.15, -0.1) is 10.2 Å². The zero-order valence-electron chi connectivity index (χ0n) is 12.1. The van der Waals surface area contributed by atoms with E-state index in [-0.39, 0.29) is 12.4 Å². The van der Waals surface area contributed by atoms with E-state index in [4.69, 9.17) is 9.15 Å². The molecule has 0 atom stereocenters. The molecule has 2 rings (SSSR count). The van der Waals surface area contributed by atoms with E-state index in [9.17, 15) is 4.79 Å². The van der Waals surface area contributed by atoms with Crippen molar-refractivity contribution in [3.63, 3.8) is 0 Å². The van der Waals surface area contributed by atoms with Crippen LogP contribution in [0.1, 0.15) is 47.1 Å². The number of aryl methyl sites for hydroxylation is 3. The molecule has 0 fully saturated rings. The van der Waals surface area contributed by atoms with Crippen LogP contribution in [0, 0.1) is 20.8 Å². The van der Waals surface area contributed by atoms with Crippen molar-refractivity contribution in [3.8, 4) is 0 Å². The Balaban J connectivity index is 2.05. The SMILES string of the molecule is CCCn1c(C)nnc1COC(=O)c1oc(C)nc1C. The first kappa shape index (κ1) is 14.2. The number of hydrogen-bond acceptors (Lipinski definition) is 6. The number of nitrogens with zero attached hydrogens (tertiary/aromatic N) is 4. The molecule has 7 heteroatoms. The fourth-order valence-corrected chi connectivity index (χ4v) is 1.96. The molecule has 0 unspecified atom stereocenters. The lowest BCUT2D eigenvalue weighted by Gasteiger charge is -2.07. The summed E-state index contributed by atoms with van der Waals surface area (Å²) < 4.78 is 12.4. The van der Waals surface area contributed by atoms with Crippen LogP contribution < -0.4 is 0 Å². The Hall–Kier alpha value is -2.18. The van der Waals surface area contributed by atoms with E-state index in [1.165, 1.54) is 0 Å². The molecule has 2 aromatic heterocycles. The summed E-state index contributed by atoms with van der Waals surface area (Å²) in [6.45, 7) is 8.20. The summed E-state index contributed by atoms with van der Waals surface area (Å²) in [6, 6.07) is 0. The highest BCUT2D eigenvalue weighted by Crippen LogP contribution is 2.12. The lowest BCUT2D eigenvalue weighted by atomic mass is 10.4. The van der Waals surface area contributed by atoms with Crippen LogP contribution in [0.4, 0.5) is 0 Å². The molecule has 0 N–H and O–H groups in total. The molecule has 7 nitrogen and oxygen atoms in total. The monoisotopic (exact) mass is 278 g/mol. The van der Waals surface area contributed by atoms with E-state index in [2.05, 4.69) is 22.1 Å². The normalized spacial score (nSPS) is 10.8. The van der Waals surface area contributed by atoms with Crippen molar-refractivity contribution in [3.05, 3.63) is 29.0 Å². The zero-order valence-corrected chi connectivity index (χ0v) is 12.1. The Morgan fingerprint density at radius 2 is 2.05 bits per heavy atom. The highest BCUT2D eigenvalue weighted by atomic mass is 16.5. The third kappa shape index (κ3) is 2.87. The number of carbonyl (C=O) groups is 1. The fraction of sp³-hybridized carbons (Fsp3) is 0.538. The van der Waals surface area contributed by atoms with Crippen molar-refractivity contribution in [2.24, 2.45) is 0 Å². The number of hydrogen-bond donors (Lipinski definition) is 0. The van der Waals surface area contributed by atoms with E-state index in [0.717, 1.165) is 18.8 Å². The van der Waals surface area contributed by atoms with Gasteiger partial charge < -0.3 is 13.7 Å². The Kier molecular flexibility index (Phi) is 4.16. The van der Waals surface area contributed by atoms with Crippen LogP contribution in [-0.4, -0.2) is 25.7 Å².